The molecule has 0 unspecified atom stereocenters. The maximum atomic E-state index is 12.0. The lowest BCUT2D eigenvalue weighted by atomic mass is 9.88. The van der Waals surface area contributed by atoms with Crippen LogP contribution in [0.25, 0.3) is 26.8 Å². The monoisotopic (exact) mass is 464 g/mol. The van der Waals surface area contributed by atoms with Crippen molar-refractivity contribution < 1.29 is 14.3 Å². The molecule has 3 rings (SSSR count). The lowest BCUT2D eigenvalue weighted by Gasteiger charge is -2.21. The van der Waals surface area contributed by atoms with E-state index < -0.39 is 0 Å². The van der Waals surface area contributed by atoms with Crippen LogP contribution in [0.5, 0.6) is 5.75 Å². The highest BCUT2D eigenvalue weighted by molar-refractivity contribution is 7.20. The summed E-state index contributed by atoms with van der Waals surface area (Å²) in [6, 6.07) is 13.3. The van der Waals surface area contributed by atoms with Crippen LogP contribution in [0.1, 0.15) is 82.7 Å². The summed E-state index contributed by atoms with van der Waals surface area (Å²) in [4.78, 5) is 13.0. The summed E-state index contributed by atoms with van der Waals surface area (Å²) < 4.78 is 12.7. The third kappa shape index (κ3) is 5.67. The predicted octanol–water partition coefficient (Wildman–Crippen LogP) is 8.57. The summed E-state index contributed by atoms with van der Waals surface area (Å²) in [6.45, 7) is 15.9. The second-order valence-electron chi connectivity index (χ2n) is 9.05. The molecular weight excluding hydrogens is 428 g/mol. The van der Waals surface area contributed by atoms with E-state index in [0.717, 1.165) is 28.2 Å². The van der Waals surface area contributed by atoms with Gasteiger partial charge in [-0.1, -0.05) is 52.8 Å². The number of hydrogen-bond donors (Lipinski definition) is 0. The topological polar surface area (TPSA) is 35.5 Å². The Kier molecular flexibility index (Phi) is 8.36. The first-order valence-electron chi connectivity index (χ1n) is 12.0. The van der Waals surface area contributed by atoms with E-state index in [4.69, 9.17) is 9.47 Å². The lowest BCUT2D eigenvalue weighted by Crippen LogP contribution is -2.04. The van der Waals surface area contributed by atoms with Gasteiger partial charge in [0.2, 0.25) is 0 Å². The standard InChI is InChI=1S/C29H36O3S/c1-8-13-32-29-23(19(5)6)15-21(18(3)4)16-25(29)22-11-10-12-26-24(22)17-27(33-26)20(7)14-28(30)31-9-2/h10-12,14-19H,8-9,13H2,1-7H3. The molecule has 2 aromatic carbocycles. The van der Waals surface area contributed by atoms with Crippen molar-refractivity contribution in [1.29, 1.82) is 0 Å². The van der Waals surface area contributed by atoms with Crippen molar-refractivity contribution in [3.8, 4) is 16.9 Å². The summed E-state index contributed by atoms with van der Waals surface area (Å²) in [5.74, 6) is 1.49. The number of carbonyl (C=O) groups excluding carboxylic acids is 1. The molecule has 3 aromatic rings. The third-order valence-electron chi connectivity index (χ3n) is 5.74. The first-order chi connectivity index (χ1) is 15.8. The Morgan fingerprint density at radius 3 is 2.42 bits per heavy atom. The third-order valence-corrected chi connectivity index (χ3v) is 6.98. The lowest BCUT2D eigenvalue weighted by molar-refractivity contribution is -0.137. The minimum Gasteiger partial charge on any atom is -0.493 e. The van der Waals surface area contributed by atoms with Crippen LogP contribution in [-0.4, -0.2) is 19.2 Å². The fourth-order valence-electron chi connectivity index (χ4n) is 3.92. The van der Waals surface area contributed by atoms with E-state index >= 15 is 0 Å². The van der Waals surface area contributed by atoms with Crippen LogP contribution in [0.4, 0.5) is 0 Å². The van der Waals surface area contributed by atoms with Gasteiger partial charge in [-0.25, -0.2) is 4.79 Å². The van der Waals surface area contributed by atoms with Gasteiger partial charge in [-0.05, 0) is 72.6 Å². The molecule has 0 bridgehead atoms. The number of hydrogen-bond acceptors (Lipinski definition) is 4. The normalized spacial score (nSPS) is 12.1. The maximum Gasteiger partial charge on any atom is 0.331 e. The second-order valence-corrected chi connectivity index (χ2v) is 10.1. The first kappa shape index (κ1) is 25.0. The minimum atomic E-state index is -0.297. The number of fused-ring (bicyclic) bond motifs is 1. The van der Waals surface area contributed by atoms with Crippen LogP contribution < -0.4 is 4.74 Å². The van der Waals surface area contributed by atoms with Gasteiger partial charge in [-0.2, -0.15) is 0 Å². The summed E-state index contributed by atoms with van der Waals surface area (Å²) >= 11 is 1.70. The molecule has 0 fully saturated rings. The average Bonchev–Trinajstić information content (AvgIpc) is 3.21. The van der Waals surface area contributed by atoms with Crippen LogP contribution >= 0.6 is 11.3 Å². The minimum absolute atomic E-state index is 0.297. The Morgan fingerprint density at radius 1 is 1.03 bits per heavy atom. The fourth-order valence-corrected chi connectivity index (χ4v) is 4.98. The molecule has 3 nitrogen and oxygen atoms in total. The molecular formula is C29H36O3S. The van der Waals surface area contributed by atoms with Crippen LogP contribution in [0.2, 0.25) is 0 Å². The summed E-state index contributed by atoms with van der Waals surface area (Å²) in [5.41, 5.74) is 5.83. The van der Waals surface area contributed by atoms with E-state index in [1.54, 1.807) is 17.4 Å². The van der Waals surface area contributed by atoms with Crippen molar-refractivity contribution in [1.82, 2.24) is 0 Å². The highest BCUT2D eigenvalue weighted by Gasteiger charge is 2.20. The SMILES string of the molecule is CCCOc1c(-c2cccc3sc(C(C)=CC(=O)OCC)cc23)cc(C(C)C)cc1C(C)C. The van der Waals surface area contributed by atoms with Crippen LogP contribution in [0, 0.1) is 0 Å². The molecule has 33 heavy (non-hydrogen) atoms. The number of allylic oxidation sites excluding steroid dienone is 1. The van der Waals surface area contributed by atoms with Gasteiger partial charge in [0.25, 0.3) is 0 Å². The second kappa shape index (κ2) is 11.0. The van der Waals surface area contributed by atoms with Crippen molar-refractivity contribution in [2.24, 2.45) is 0 Å². The largest absolute Gasteiger partial charge is 0.493 e. The molecule has 0 aliphatic carbocycles. The van der Waals surface area contributed by atoms with Gasteiger partial charge in [0.1, 0.15) is 5.75 Å². The average molecular weight is 465 g/mol. The Labute approximate surface area is 202 Å². The number of benzene rings is 2. The van der Waals surface area contributed by atoms with Gasteiger partial charge >= 0.3 is 5.97 Å². The molecule has 0 aliphatic rings. The predicted molar refractivity (Wildman–Crippen MR) is 142 cm³/mol. The quantitative estimate of drug-likeness (QED) is 0.235. The summed E-state index contributed by atoms with van der Waals surface area (Å²) in [5, 5.41) is 1.19. The van der Waals surface area contributed by atoms with Crippen LogP contribution in [0.3, 0.4) is 0 Å². The molecule has 0 spiro atoms. The number of rotatable bonds is 9. The van der Waals surface area contributed by atoms with Crippen molar-refractivity contribution in [3.05, 3.63) is 58.5 Å². The van der Waals surface area contributed by atoms with Gasteiger partial charge in [0.15, 0.2) is 0 Å². The molecule has 0 saturated carbocycles. The highest BCUT2D eigenvalue weighted by atomic mass is 32.1. The van der Waals surface area contributed by atoms with Gasteiger partial charge in [-0.3, -0.25) is 0 Å². The Morgan fingerprint density at radius 2 is 1.79 bits per heavy atom. The molecule has 0 amide bonds. The molecule has 0 atom stereocenters. The molecule has 0 radical (unpaired) electrons. The van der Waals surface area contributed by atoms with Crippen molar-refractivity contribution in [2.75, 3.05) is 13.2 Å². The van der Waals surface area contributed by atoms with Crippen molar-refractivity contribution in [3.63, 3.8) is 0 Å². The molecule has 0 N–H and O–H groups in total. The molecule has 0 saturated heterocycles. The van der Waals surface area contributed by atoms with Crippen molar-refractivity contribution in [2.45, 2.75) is 66.7 Å². The Hall–Kier alpha value is -2.59. The van der Waals surface area contributed by atoms with E-state index in [-0.39, 0.29) is 5.97 Å². The van der Waals surface area contributed by atoms with Crippen LogP contribution in [-0.2, 0) is 9.53 Å². The zero-order valence-electron chi connectivity index (χ0n) is 21.0. The molecule has 1 heterocycles. The van der Waals surface area contributed by atoms with Gasteiger partial charge in [-0.15, -0.1) is 11.3 Å². The smallest absolute Gasteiger partial charge is 0.331 e. The summed E-state index contributed by atoms with van der Waals surface area (Å²) in [6.07, 6.45) is 2.55. The number of esters is 1. The fraction of sp³-hybridized carbons (Fsp3) is 0.414. The molecule has 1 aromatic heterocycles. The molecule has 4 heteroatoms. The number of thiophene rings is 1. The zero-order chi connectivity index (χ0) is 24.1. The Bertz CT molecular complexity index is 1150. The van der Waals surface area contributed by atoms with E-state index in [9.17, 15) is 4.79 Å². The number of carbonyl (C=O) groups is 1. The van der Waals surface area contributed by atoms with Gasteiger partial charge in [0, 0.05) is 26.6 Å². The van der Waals surface area contributed by atoms with E-state index in [2.05, 4.69) is 71.0 Å². The van der Waals surface area contributed by atoms with Crippen LogP contribution in [0.15, 0.2) is 42.5 Å². The first-order valence-corrected chi connectivity index (χ1v) is 12.8. The van der Waals surface area contributed by atoms with E-state index in [0.29, 0.717) is 25.0 Å². The van der Waals surface area contributed by atoms with E-state index in [1.807, 2.05) is 13.8 Å². The molecule has 176 valence electrons. The van der Waals surface area contributed by atoms with E-state index in [1.165, 1.54) is 26.8 Å². The zero-order valence-corrected chi connectivity index (χ0v) is 21.8. The van der Waals surface area contributed by atoms with Gasteiger partial charge < -0.3 is 9.47 Å². The Balaban J connectivity index is 2.23. The van der Waals surface area contributed by atoms with Crippen molar-refractivity contribution >= 4 is 33.0 Å². The van der Waals surface area contributed by atoms with Gasteiger partial charge in [0.05, 0.1) is 13.2 Å². The summed E-state index contributed by atoms with van der Waals surface area (Å²) in [7, 11) is 0. The molecule has 0 aliphatic heterocycles. The highest BCUT2D eigenvalue weighted by Crippen LogP contribution is 2.44. The number of ether oxygens (including phenoxy) is 2. The maximum absolute atomic E-state index is 12.0.